The second-order valence-corrected chi connectivity index (χ2v) is 10.2. The van der Waals surface area contributed by atoms with E-state index in [1.165, 1.54) is 11.8 Å². The molecular formula is C30H31N3O5S. The SMILES string of the molecule is CCOC(=O)C1=C(O)/C(=C\c2cn(CC(=O)N3CCOCC3)c3c(CC)cccc23)SC1=Nc1ccccc1. The van der Waals surface area contributed by atoms with Crippen molar-refractivity contribution in [3.05, 3.63) is 82.1 Å². The summed E-state index contributed by atoms with van der Waals surface area (Å²) in [6, 6.07) is 15.4. The number of aliphatic imine (C=N–C) groups is 1. The van der Waals surface area contributed by atoms with E-state index in [2.05, 4.69) is 18.0 Å². The van der Waals surface area contributed by atoms with Crippen molar-refractivity contribution in [3.8, 4) is 0 Å². The van der Waals surface area contributed by atoms with E-state index in [-0.39, 0.29) is 30.4 Å². The highest BCUT2D eigenvalue weighted by Crippen LogP contribution is 2.41. The Balaban J connectivity index is 1.56. The molecule has 9 heteroatoms. The van der Waals surface area contributed by atoms with Gasteiger partial charge in [0.05, 0.1) is 35.9 Å². The molecule has 2 aromatic carbocycles. The lowest BCUT2D eigenvalue weighted by atomic mass is 10.1. The minimum Gasteiger partial charge on any atom is -0.506 e. The van der Waals surface area contributed by atoms with E-state index in [0.29, 0.717) is 41.9 Å². The number of benzene rings is 2. The number of nitrogens with zero attached hydrogens (tertiary/aromatic N) is 3. The Kier molecular flexibility index (Phi) is 8.18. The van der Waals surface area contributed by atoms with Crippen LogP contribution in [-0.4, -0.2) is 64.4 Å². The molecule has 1 saturated heterocycles. The Morgan fingerprint density at radius 3 is 2.59 bits per heavy atom. The maximum atomic E-state index is 13.1. The van der Waals surface area contributed by atoms with Crippen molar-refractivity contribution in [1.82, 2.24) is 9.47 Å². The Morgan fingerprint density at radius 1 is 1.10 bits per heavy atom. The molecule has 0 radical (unpaired) electrons. The van der Waals surface area contributed by atoms with Crippen molar-refractivity contribution in [1.29, 1.82) is 0 Å². The van der Waals surface area contributed by atoms with Crippen molar-refractivity contribution >= 4 is 51.3 Å². The first-order valence-electron chi connectivity index (χ1n) is 13.1. The number of esters is 1. The van der Waals surface area contributed by atoms with Crippen LogP contribution in [0.5, 0.6) is 0 Å². The van der Waals surface area contributed by atoms with Gasteiger partial charge in [-0.2, -0.15) is 0 Å². The Morgan fingerprint density at radius 2 is 1.87 bits per heavy atom. The fourth-order valence-corrected chi connectivity index (χ4v) is 5.83. The fraction of sp³-hybridized carbons (Fsp3) is 0.300. The molecule has 0 atom stereocenters. The van der Waals surface area contributed by atoms with Gasteiger partial charge >= 0.3 is 5.97 Å². The molecule has 2 aliphatic heterocycles. The molecule has 3 heterocycles. The summed E-state index contributed by atoms with van der Waals surface area (Å²) in [6.45, 7) is 6.48. The van der Waals surface area contributed by atoms with Crippen LogP contribution in [0.2, 0.25) is 0 Å². The quantitative estimate of drug-likeness (QED) is 0.408. The van der Waals surface area contributed by atoms with Gasteiger partial charge < -0.3 is 24.0 Å². The van der Waals surface area contributed by atoms with Gasteiger partial charge in [0.1, 0.15) is 22.9 Å². The number of carbonyl (C=O) groups is 2. The lowest BCUT2D eigenvalue weighted by molar-refractivity contribution is -0.138. The number of carbonyl (C=O) groups excluding carboxylic acids is 2. The van der Waals surface area contributed by atoms with Crippen molar-refractivity contribution in [2.75, 3.05) is 32.9 Å². The van der Waals surface area contributed by atoms with Crippen LogP contribution < -0.4 is 0 Å². The average Bonchev–Trinajstić information content (AvgIpc) is 3.46. The number of aromatic nitrogens is 1. The second kappa shape index (κ2) is 11.9. The zero-order valence-electron chi connectivity index (χ0n) is 22.1. The van der Waals surface area contributed by atoms with Crippen LogP contribution in [0.3, 0.4) is 0 Å². The van der Waals surface area contributed by atoms with Crippen LogP contribution in [0, 0.1) is 0 Å². The van der Waals surface area contributed by atoms with E-state index in [4.69, 9.17) is 9.47 Å². The highest BCUT2D eigenvalue weighted by molar-refractivity contribution is 8.18. The smallest absolute Gasteiger partial charge is 0.344 e. The number of hydrogen-bond donors (Lipinski definition) is 1. The van der Waals surface area contributed by atoms with Gasteiger partial charge in [-0.25, -0.2) is 9.79 Å². The molecule has 5 rings (SSSR count). The fourth-order valence-electron chi connectivity index (χ4n) is 4.80. The van der Waals surface area contributed by atoms with E-state index in [9.17, 15) is 14.7 Å². The van der Waals surface area contributed by atoms with Crippen molar-refractivity contribution in [3.63, 3.8) is 0 Å². The number of hydrogen-bond acceptors (Lipinski definition) is 7. The number of aryl methyl sites for hydroxylation is 1. The summed E-state index contributed by atoms with van der Waals surface area (Å²) >= 11 is 1.22. The van der Waals surface area contributed by atoms with Gasteiger partial charge in [-0.3, -0.25) is 4.79 Å². The van der Waals surface area contributed by atoms with Gasteiger partial charge in [0.2, 0.25) is 5.91 Å². The maximum Gasteiger partial charge on any atom is 0.344 e. The van der Waals surface area contributed by atoms with Crippen LogP contribution in [0.25, 0.3) is 17.0 Å². The molecule has 1 amide bonds. The first kappa shape index (κ1) is 26.8. The van der Waals surface area contributed by atoms with E-state index in [0.717, 1.165) is 28.5 Å². The van der Waals surface area contributed by atoms with Crippen LogP contribution >= 0.6 is 11.8 Å². The summed E-state index contributed by atoms with van der Waals surface area (Å²) < 4.78 is 12.6. The number of ether oxygens (including phenoxy) is 2. The van der Waals surface area contributed by atoms with Gasteiger partial charge in [-0.05, 0) is 37.1 Å². The number of rotatable bonds is 7. The molecule has 202 valence electrons. The van der Waals surface area contributed by atoms with Gasteiger partial charge in [-0.15, -0.1) is 0 Å². The molecule has 2 aliphatic rings. The van der Waals surface area contributed by atoms with E-state index in [1.807, 2.05) is 64.2 Å². The molecule has 3 aromatic rings. The van der Waals surface area contributed by atoms with E-state index in [1.54, 1.807) is 6.92 Å². The molecular weight excluding hydrogens is 514 g/mol. The Hall–Kier alpha value is -3.82. The summed E-state index contributed by atoms with van der Waals surface area (Å²) in [5.74, 6) is -0.738. The number of fused-ring (bicyclic) bond motifs is 1. The molecule has 0 spiro atoms. The maximum absolute atomic E-state index is 13.1. The Bertz CT molecular complexity index is 1480. The highest BCUT2D eigenvalue weighted by Gasteiger charge is 2.33. The molecule has 1 aromatic heterocycles. The number of aliphatic hydroxyl groups is 1. The minimum atomic E-state index is -0.618. The molecule has 39 heavy (non-hydrogen) atoms. The van der Waals surface area contributed by atoms with Gasteiger partial charge in [0.25, 0.3) is 0 Å². The molecule has 0 saturated carbocycles. The summed E-state index contributed by atoms with van der Waals surface area (Å²) in [6.07, 6.45) is 4.60. The van der Waals surface area contributed by atoms with Crippen molar-refractivity contribution in [2.45, 2.75) is 26.8 Å². The summed E-state index contributed by atoms with van der Waals surface area (Å²) in [7, 11) is 0. The van der Waals surface area contributed by atoms with Gasteiger partial charge in [0, 0.05) is 30.2 Å². The van der Waals surface area contributed by atoms with E-state index < -0.39 is 5.97 Å². The molecule has 0 unspecified atom stereocenters. The second-order valence-electron chi connectivity index (χ2n) is 9.18. The van der Waals surface area contributed by atoms with Crippen LogP contribution in [0.4, 0.5) is 5.69 Å². The molecule has 0 aliphatic carbocycles. The number of aliphatic hydroxyl groups excluding tert-OH is 1. The van der Waals surface area contributed by atoms with Gasteiger partial charge in [0.15, 0.2) is 0 Å². The number of morpholine rings is 1. The average molecular weight is 546 g/mol. The lowest BCUT2D eigenvalue weighted by Gasteiger charge is -2.27. The third kappa shape index (κ3) is 5.65. The summed E-state index contributed by atoms with van der Waals surface area (Å²) in [5, 5.41) is 12.5. The third-order valence-electron chi connectivity index (χ3n) is 6.71. The van der Waals surface area contributed by atoms with Crippen LogP contribution in [-0.2, 0) is 32.0 Å². The van der Waals surface area contributed by atoms with Crippen LogP contribution in [0.15, 0.2) is 76.0 Å². The highest BCUT2D eigenvalue weighted by atomic mass is 32.2. The predicted octanol–water partition coefficient (Wildman–Crippen LogP) is 5.26. The van der Waals surface area contributed by atoms with Crippen LogP contribution in [0.1, 0.15) is 25.0 Å². The molecule has 8 nitrogen and oxygen atoms in total. The first-order chi connectivity index (χ1) is 19.0. The number of thioether (sulfide) groups is 1. The summed E-state index contributed by atoms with van der Waals surface area (Å²) in [4.78, 5) is 32.9. The normalized spacial score (nSPS) is 17.9. The third-order valence-corrected chi connectivity index (χ3v) is 7.73. The van der Waals surface area contributed by atoms with Crippen molar-refractivity contribution < 1.29 is 24.2 Å². The first-order valence-corrected chi connectivity index (χ1v) is 13.9. The zero-order chi connectivity index (χ0) is 27.4. The van der Waals surface area contributed by atoms with Crippen molar-refractivity contribution in [2.24, 2.45) is 4.99 Å². The van der Waals surface area contributed by atoms with E-state index >= 15 is 0 Å². The molecule has 1 fully saturated rings. The molecule has 1 N–H and O–H groups in total. The predicted molar refractivity (Wildman–Crippen MR) is 154 cm³/mol. The monoisotopic (exact) mass is 545 g/mol. The number of para-hydroxylation sites is 2. The largest absolute Gasteiger partial charge is 0.506 e. The lowest BCUT2D eigenvalue weighted by Crippen LogP contribution is -2.42. The topological polar surface area (TPSA) is 93.4 Å². The minimum absolute atomic E-state index is 0.0418. The van der Waals surface area contributed by atoms with Gasteiger partial charge in [-0.1, -0.05) is 55.1 Å². The number of amides is 1. The zero-order valence-corrected chi connectivity index (χ0v) is 22.9. The summed E-state index contributed by atoms with van der Waals surface area (Å²) in [5.41, 5.74) is 3.68. The standard InChI is InChI=1S/C30H31N3O5S/c1-3-20-9-8-12-23-21(18-33(27(20)23)19-25(34)32-13-15-37-16-14-32)17-24-28(35)26(30(36)38-4-2)29(39-24)31-22-10-6-5-7-11-22/h5-12,17-18,35H,3-4,13-16,19H2,1-2H3/b24-17+,31-29?. The Labute approximate surface area is 231 Å². The molecule has 0 bridgehead atoms.